The van der Waals surface area contributed by atoms with Crippen molar-refractivity contribution in [1.82, 2.24) is 5.32 Å². The quantitative estimate of drug-likeness (QED) is 0.896. The summed E-state index contributed by atoms with van der Waals surface area (Å²) >= 11 is 0. The summed E-state index contributed by atoms with van der Waals surface area (Å²) < 4.78 is 5.40. The first-order valence-corrected chi connectivity index (χ1v) is 8.39. The highest BCUT2D eigenvalue weighted by molar-refractivity contribution is 5.83. The summed E-state index contributed by atoms with van der Waals surface area (Å²) in [6.45, 7) is 1.68. The lowest BCUT2D eigenvalue weighted by molar-refractivity contribution is -0.136. The molecule has 1 amide bonds. The fourth-order valence-corrected chi connectivity index (χ4v) is 3.84. The first-order chi connectivity index (χ1) is 10.7. The highest BCUT2D eigenvalue weighted by atomic mass is 16.5. The van der Waals surface area contributed by atoms with Crippen molar-refractivity contribution in [2.75, 3.05) is 19.8 Å². The minimum absolute atomic E-state index is 0.131. The summed E-state index contributed by atoms with van der Waals surface area (Å²) in [7, 11) is 0. The number of rotatable bonds is 4. The maximum absolute atomic E-state index is 12.8. The highest BCUT2D eigenvalue weighted by Gasteiger charge is 2.41. The van der Waals surface area contributed by atoms with Gasteiger partial charge in [-0.15, -0.1) is 0 Å². The van der Waals surface area contributed by atoms with Crippen LogP contribution in [0, 0.1) is 5.41 Å². The monoisotopic (exact) mass is 302 g/mol. The molecule has 3 N–H and O–H groups in total. The lowest BCUT2D eigenvalue weighted by Crippen LogP contribution is -2.52. The summed E-state index contributed by atoms with van der Waals surface area (Å²) in [5, 5.41) is 3.31. The van der Waals surface area contributed by atoms with Gasteiger partial charge >= 0.3 is 0 Å². The molecule has 1 aromatic rings. The molecule has 2 atom stereocenters. The third kappa shape index (κ3) is 3.03. The minimum Gasteiger partial charge on any atom is -0.381 e. The van der Waals surface area contributed by atoms with Crippen LogP contribution in [-0.2, 0) is 9.53 Å². The zero-order valence-corrected chi connectivity index (χ0v) is 13.1. The Kier molecular flexibility index (Phi) is 4.79. The number of ether oxygens (including phenoxy) is 1. The second kappa shape index (κ2) is 6.80. The van der Waals surface area contributed by atoms with Gasteiger partial charge in [0.2, 0.25) is 5.91 Å². The van der Waals surface area contributed by atoms with E-state index in [1.54, 1.807) is 0 Å². The van der Waals surface area contributed by atoms with Gasteiger partial charge in [-0.05, 0) is 31.2 Å². The molecular weight excluding hydrogens is 276 g/mol. The van der Waals surface area contributed by atoms with Crippen molar-refractivity contribution < 1.29 is 9.53 Å². The van der Waals surface area contributed by atoms with Crippen LogP contribution in [0.25, 0.3) is 0 Å². The second-order valence-electron chi connectivity index (χ2n) is 6.62. The maximum atomic E-state index is 12.8. The van der Waals surface area contributed by atoms with E-state index in [1.165, 1.54) is 12.0 Å². The van der Waals surface area contributed by atoms with Crippen molar-refractivity contribution in [2.24, 2.45) is 11.1 Å². The van der Waals surface area contributed by atoms with Crippen LogP contribution >= 0.6 is 0 Å². The number of amides is 1. The topological polar surface area (TPSA) is 64.4 Å². The lowest BCUT2D eigenvalue weighted by Gasteiger charge is -2.36. The number of hydrogen-bond acceptors (Lipinski definition) is 3. The Labute approximate surface area is 132 Å². The molecule has 4 heteroatoms. The van der Waals surface area contributed by atoms with Gasteiger partial charge in [0.15, 0.2) is 0 Å². The van der Waals surface area contributed by atoms with Crippen LogP contribution in [0.3, 0.4) is 0 Å². The predicted molar refractivity (Wildman–Crippen MR) is 86.5 cm³/mol. The van der Waals surface area contributed by atoms with Gasteiger partial charge in [-0.1, -0.05) is 36.8 Å². The van der Waals surface area contributed by atoms with Crippen molar-refractivity contribution in [3.63, 3.8) is 0 Å². The molecule has 2 unspecified atom stereocenters. The van der Waals surface area contributed by atoms with Crippen molar-refractivity contribution >= 4 is 5.91 Å². The van der Waals surface area contributed by atoms with Gasteiger partial charge in [-0.3, -0.25) is 4.79 Å². The van der Waals surface area contributed by atoms with Gasteiger partial charge in [0, 0.05) is 31.7 Å². The molecule has 1 saturated heterocycles. The van der Waals surface area contributed by atoms with Crippen LogP contribution in [0.4, 0.5) is 0 Å². The third-order valence-electron chi connectivity index (χ3n) is 5.38. The highest BCUT2D eigenvalue weighted by Crippen LogP contribution is 2.36. The van der Waals surface area contributed by atoms with Crippen molar-refractivity contribution in [3.8, 4) is 0 Å². The fourth-order valence-electron chi connectivity index (χ4n) is 3.84. The Hall–Kier alpha value is -1.39. The Balaban J connectivity index is 1.70. The molecule has 0 aromatic heterocycles. The van der Waals surface area contributed by atoms with E-state index in [4.69, 9.17) is 10.5 Å². The summed E-state index contributed by atoms with van der Waals surface area (Å²) in [5.74, 6) is 0.561. The standard InChI is InChI=1S/C18H26N2O2/c19-13-18(9-11-22-12-10-18)17(21)20-16-8-4-7-15(16)14-5-2-1-3-6-14/h1-3,5-6,15-16H,4,7-13,19H2,(H,20,21). The molecule has 1 aliphatic heterocycles. The lowest BCUT2D eigenvalue weighted by atomic mass is 9.79. The molecule has 1 saturated carbocycles. The van der Waals surface area contributed by atoms with Crippen LogP contribution in [-0.4, -0.2) is 31.7 Å². The van der Waals surface area contributed by atoms with E-state index >= 15 is 0 Å². The number of carbonyl (C=O) groups excluding carboxylic acids is 1. The molecule has 1 heterocycles. The molecule has 4 nitrogen and oxygen atoms in total. The number of nitrogens with two attached hydrogens (primary N) is 1. The van der Waals surface area contributed by atoms with Crippen LogP contribution in [0.5, 0.6) is 0 Å². The molecule has 120 valence electrons. The molecule has 22 heavy (non-hydrogen) atoms. The second-order valence-corrected chi connectivity index (χ2v) is 6.62. The van der Waals surface area contributed by atoms with E-state index in [0.29, 0.717) is 25.7 Å². The van der Waals surface area contributed by atoms with E-state index < -0.39 is 5.41 Å². The van der Waals surface area contributed by atoms with Gasteiger partial charge < -0.3 is 15.8 Å². The predicted octanol–water partition coefficient (Wildman–Crippen LogP) is 2.19. The minimum atomic E-state index is -0.428. The number of nitrogens with one attached hydrogen (secondary N) is 1. The average molecular weight is 302 g/mol. The Morgan fingerprint density at radius 3 is 2.64 bits per heavy atom. The Morgan fingerprint density at radius 1 is 1.23 bits per heavy atom. The third-order valence-corrected chi connectivity index (χ3v) is 5.38. The SMILES string of the molecule is NCC1(C(=O)NC2CCCC2c2ccccc2)CCOCC1. The van der Waals surface area contributed by atoms with Gasteiger partial charge in [-0.2, -0.15) is 0 Å². The molecule has 2 aliphatic rings. The summed E-state index contributed by atoms with van der Waals surface area (Å²) in [6.07, 6.45) is 4.84. The van der Waals surface area contributed by atoms with Crippen molar-refractivity contribution in [3.05, 3.63) is 35.9 Å². The summed E-state index contributed by atoms with van der Waals surface area (Å²) in [4.78, 5) is 12.8. The average Bonchev–Trinajstić information content (AvgIpc) is 3.04. The van der Waals surface area contributed by atoms with Gasteiger partial charge in [0.05, 0.1) is 5.41 Å². The zero-order valence-electron chi connectivity index (χ0n) is 13.1. The van der Waals surface area contributed by atoms with Gasteiger partial charge in [0.25, 0.3) is 0 Å². The Morgan fingerprint density at radius 2 is 1.95 bits per heavy atom. The van der Waals surface area contributed by atoms with Crippen LogP contribution in [0.15, 0.2) is 30.3 Å². The number of carbonyl (C=O) groups is 1. The normalized spacial score (nSPS) is 27.5. The first kappa shape index (κ1) is 15.5. The van der Waals surface area contributed by atoms with Crippen molar-refractivity contribution in [2.45, 2.75) is 44.1 Å². The van der Waals surface area contributed by atoms with Crippen LogP contribution in [0.2, 0.25) is 0 Å². The molecule has 0 radical (unpaired) electrons. The van der Waals surface area contributed by atoms with Crippen LogP contribution < -0.4 is 11.1 Å². The summed E-state index contributed by atoms with van der Waals surface area (Å²) in [5.41, 5.74) is 6.85. The van der Waals surface area contributed by atoms with Gasteiger partial charge in [-0.25, -0.2) is 0 Å². The first-order valence-electron chi connectivity index (χ1n) is 8.39. The fraction of sp³-hybridized carbons (Fsp3) is 0.611. The zero-order chi connectivity index (χ0) is 15.4. The van der Waals surface area contributed by atoms with E-state index in [1.807, 2.05) is 6.07 Å². The van der Waals surface area contributed by atoms with Crippen molar-refractivity contribution in [1.29, 1.82) is 0 Å². The molecule has 2 fully saturated rings. The molecule has 0 spiro atoms. The largest absolute Gasteiger partial charge is 0.381 e. The maximum Gasteiger partial charge on any atom is 0.227 e. The molecule has 3 rings (SSSR count). The molecule has 1 aromatic carbocycles. The smallest absolute Gasteiger partial charge is 0.227 e. The number of hydrogen-bond donors (Lipinski definition) is 2. The number of benzene rings is 1. The van der Waals surface area contributed by atoms with Gasteiger partial charge in [0.1, 0.15) is 0 Å². The van der Waals surface area contributed by atoms with E-state index in [2.05, 4.69) is 29.6 Å². The summed E-state index contributed by atoms with van der Waals surface area (Å²) in [6, 6.07) is 10.8. The van der Waals surface area contributed by atoms with Crippen LogP contribution in [0.1, 0.15) is 43.6 Å². The van der Waals surface area contributed by atoms with E-state index in [0.717, 1.165) is 25.7 Å². The molecular formula is C18H26N2O2. The van der Waals surface area contributed by atoms with E-state index in [9.17, 15) is 4.79 Å². The van der Waals surface area contributed by atoms with E-state index in [-0.39, 0.29) is 11.9 Å². The molecule has 0 bridgehead atoms. The Bertz CT molecular complexity index is 497. The molecule has 1 aliphatic carbocycles.